The molecule has 1 aromatic heterocycles. The summed E-state index contributed by atoms with van der Waals surface area (Å²) in [6.07, 6.45) is 2.41. The van der Waals surface area contributed by atoms with Crippen LogP contribution in [0.3, 0.4) is 0 Å². The summed E-state index contributed by atoms with van der Waals surface area (Å²) < 4.78 is 19.7. The van der Waals surface area contributed by atoms with Crippen molar-refractivity contribution in [2.75, 3.05) is 11.1 Å². The number of nitrogens with one attached hydrogen (secondary N) is 1. The van der Waals surface area contributed by atoms with Crippen molar-refractivity contribution in [3.8, 4) is 0 Å². The number of imidazole rings is 1. The Kier molecular flexibility index (Phi) is 8.99. The average Bonchev–Trinajstić information content (AvgIpc) is 3.31. The van der Waals surface area contributed by atoms with Crippen LogP contribution in [-0.4, -0.2) is 44.5 Å². The number of ether oxygens (including phenoxy) is 3. The molecule has 2 aromatic carbocycles. The molecule has 0 spiro atoms. The van der Waals surface area contributed by atoms with Crippen LogP contribution in [0.2, 0.25) is 0 Å². The Morgan fingerprint density at radius 3 is 2.68 bits per heavy atom. The summed E-state index contributed by atoms with van der Waals surface area (Å²) in [4.78, 5) is 28.0. The highest BCUT2D eigenvalue weighted by atomic mass is 32.2. The van der Waals surface area contributed by atoms with E-state index in [0.717, 1.165) is 21.8 Å². The van der Waals surface area contributed by atoms with Gasteiger partial charge in [0.15, 0.2) is 17.6 Å². The number of carbonyl (C=O) groups is 2. The van der Waals surface area contributed by atoms with Gasteiger partial charge in [-0.05, 0) is 30.2 Å². The average molecular weight is 526 g/mol. The summed E-state index contributed by atoms with van der Waals surface area (Å²) in [5.41, 5.74) is 3.13. The predicted molar refractivity (Wildman–Crippen MR) is 139 cm³/mol. The second-order valence-electron chi connectivity index (χ2n) is 8.85. The van der Waals surface area contributed by atoms with Crippen molar-refractivity contribution in [1.82, 2.24) is 9.55 Å². The zero-order valence-corrected chi connectivity index (χ0v) is 21.8. The molecule has 0 bridgehead atoms. The molecule has 3 aromatic rings. The van der Waals surface area contributed by atoms with E-state index < -0.39 is 24.3 Å². The smallest absolute Gasteiger partial charge is 0.303 e. The molecular weight excluding hydrogens is 494 g/mol. The van der Waals surface area contributed by atoms with Crippen LogP contribution >= 0.6 is 11.8 Å². The van der Waals surface area contributed by atoms with E-state index in [0.29, 0.717) is 17.9 Å². The fraction of sp³-hybridized carbons (Fsp3) is 0.370. The fourth-order valence-corrected chi connectivity index (χ4v) is 4.94. The molecule has 2 N–H and O–H groups in total. The fourth-order valence-electron chi connectivity index (χ4n) is 3.99. The van der Waals surface area contributed by atoms with Gasteiger partial charge in [0.2, 0.25) is 0 Å². The van der Waals surface area contributed by atoms with Crippen molar-refractivity contribution in [2.24, 2.45) is 7.05 Å². The zero-order chi connectivity index (χ0) is 26.4. The summed E-state index contributed by atoms with van der Waals surface area (Å²) >= 11 is 1.62. The van der Waals surface area contributed by atoms with Crippen molar-refractivity contribution >= 4 is 29.3 Å². The number of amides is 1. The molecule has 10 heteroatoms. The predicted octanol–water partition coefficient (Wildman–Crippen LogP) is 4.14. The first kappa shape index (κ1) is 26.9. The van der Waals surface area contributed by atoms with Gasteiger partial charge >= 0.3 is 5.97 Å². The third kappa shape index (κ3) is 7.20. The number of thioether (sulfide) groups is 1. The SMILES string of the molecule is CC(=O)O[C@@H](C)C(=O)Nc1cccc([C@@H]2O[C@H](CSc3nccn3C)C[C@H](c3ccc(CO)cc3)O2)c1. The first-order valence-corrected chi connectivity index (χ1v) is 13.0. The Morgan fingerprint density at radius 2 is 2.00 bits per heavy atom. The molecule has 1 aliphatic rings. The monoisotopic (exact) mass is 525 g/mol. The van der Waals surface area contributed by atoms with Gasteiger partial charge in [0, 0.05) is 49.8 Å². The highest BCUT2D eigenvalue weighted by molar-refractivity contribution is 7.99. The lowest BCUT2D eigenvalue weighted by Crippen LogP contribution is -2.31. The summed E-state index contributed by atoms with van der Waals surface area (Å²) in [5.74, 6) is -0.261. The van der Waals surface area contributed by atoms with E-state index in [1.165, 1.54) is 13.8 Å². The van der Waals surface area contributed by atoms with Crippen LogP contribution < -0.4 is 5.32 Å². The summed E-state index contributed by atoms with van der Waals surface area (Å²) in [6, 6.07) is 15.0. The number of esters is 1. The number of anilines is 1. The molecule has 0 unspecified atom stereocenters. The first-order valence-electron chi connectivity index (χ1n) is 12.0. The second-order valence-corrected chi connectivity index (χ2v) is 9.84. The van der Waals surface area contributed by atoms with E-state index in [9.17, 15) is 14.7 Å². The van der Waals surface area contributed by atoms with Crippen LogP contribution in [0.4, 0.5) is 5.69 Å². The molecule has 196 valence electrons. The van der Waals surface area contributed by atoms with Gasteiger partial charge in [-0.15, -0.1) is 0 Å². The molecule has 0 saturated carbocycles. The van der Waals surface area contributed by atoms with Crippen molar-refractivity contribution in [3.05, 3.63) is 77.6 Å². The minimum atomic E-state index is -0.915. The third-order valence-corrected chi connectivity index (χ3v) is 7.12. The maximum Gasteiger partial charge on any atom is 0.303 e. The Bertz CT molecular complexity index is 1210. The molecule has 0 radical (unpaired) electrons. The second kappa shape index (κ2) is 12.4. The number of hydrogen-bond donors (Lipinski definition) is 2. The molecule has 37 heavy (non-hydrogen) atoms. The first-order chi connectivity index (χ1) is 17.8. The van der Waals surface area contributed by atoms with E-state index >= 15 is 0 Å². The maximum atomic E-state index is 12.4. The molecule has 4 atom stereocenters. The molecular formula is C27H31N3O6S. The zero-order valence-electron chi connectivity index (χ0n) is 21.0. The van der Waals surface area contributed by atoms with Gasteiger partial charge in [-0.25, -0.2) is 4.98 Å². The Hall–Kier alpha value is -3.18. The van der Waals surface area contributed by atoms with Crippen LogP contribution in [0.15, 0.2) is 66.1 Å². The number of aliphatic hydroxyl groups excluding tert-OH is 1. The van der Waals surface area contributed by atoms with Crippen LogP contribution in [-0.2, 0) is 37.5 Å². The van der Waals surface area contributed by atoms with Crippen molar-refractivity contribution in [3.63, 3.8) is 0 Å². The van der Waals surface area contributed by atoms with Gasteiger partial charge in [0.25, 0.3) is 5.91 Å². The Morgan fingerprint density at radius 1 is 1.22 bits per heavy atom. The lowest BCUT2D eigenvalue weighted by atomic mass is 10.0. The molecule has 2 heterocycles. The van der Waals surface area contributed by atoms with Gasteiger partial charge in [-0.1, -0.05) is 48.2 Å². The Labute approximate surface area is 220 Å². The number of aromatic nitrogens is 2. The minimum absolute atomic E-state index is 0.0188. The van der Waals surface area contributed by atoms with Gasteiger partial charge in [-0.3, -0.25) is 9.59 Å². The number of nitrogens with zero attached hydrogens (tertiary/aromatic N) is 2. The van der Waals surface area contributed by atoms with Crippen molar-refractivity contribution < 1.29 is 28.9 Å². The molecule has 1 aliphatic heterocycles. The Balaban J connectivity index is 1.52. The molecule has 4 rings (SSSR count). The largest absolute Gasteiger partial charge is 0.453 e. The van der Waals surface area contributed by atoms with Gasteiger partial charge in [0.05, 0.1) is 18.8 Å². The number of carbonyl (C=O) groups excluding carboxylic acids is 2. The molecule has 1 amide bonds. The van der Waals surface area contributed by atoms with Crippen LogP contribution in [0.1, 0.15) is 49.4 Å². The molecule has 0 aliphatic carbocycles. The van der Waals surface area contributed by atoms with Crippen molar-refractivity contribution in [1.29, 1.82) is 0 Å². The van der Waals surface area contributed by atoms with Crippen LogP contribution in [0.25, 0.3) is 0 Å². The lowest BCUT2D eigenvalue weighted by molar-refractivity contribution is -0.245. The molecule has 1 saturated heterocycles. The topological polar surface area (TPSA) is 112 Å². The van der Waals surface area contributed by atoms with E-state index in [-0.39, 0.29) is 18.8 Å². The number of aliphatic hydroxyl groups is 1. The number of rotatable bonds is 9. The number of hydrogen-bond acceptors (Lipinski definition) is 8. The maximum absolute atomic E-state index is 12.4. The number of benzene rings is 2. The molecule has 9 nitrogen and oxygen atoms in total. The van der Waals surface area contributed by atoms with E-state index in [1.54, 1.807) is 30.1 Å². The molecule has 1 fully saturated rings. The third-order valence-electron chi connectivity index (χ3n) is 5.93. The van der Waals surface area contributed by atoms with Gasteiger partial charge < -0.3 is 29.2 Å². The quantitative estimate of drug-likeness (QED) is 0.317. The van der Waals surface area contributed by atoms with Crippen molar-refractivity contribution in [2.45, 2.75) is 56.6 Å². The van der Waals surface area contributed by atoms with E-state index in [2.05, 4.69) is 10.3 Å². The standard InChI is InChI=1S/C27H31N3O6S/c1-17(34-18(2)32)25(33)29-22-6-4-5-21(13-22)26-35-23(16-37-27-28-11-12-30(27)3)14-24(36-26)20-9-7-19(15-31)8-10-20/h4-13,17,23-24,26,31H,14-16H2,1-3H3,(H,29,33)/t17-,23-,24+,26+/m0/s1. The minimum Gasteiger partial charge on any atom is -0.453 e. The highest BCUT2D eigenvalue weighted by Gasteiger charge is 2.32. The normalized spacial score (nSPS) is 20.3. The van der Waals surface area contributed by atoms with Crippen LogP contribution in [0, 0.1) is 0 Å². The number of aryl methyl sites for hydroxylation is 1. The van der Waals surface area contributed by atoms with Gasteiger partial charge in [0.1, 0.15) is 0 Å². The summed E-state index contributed by atoms with van der Waals surface area (Å²) in [6.45, 7) is 2.76. The van der Waals surface area contributed by atoms with Crippen LogP contribution in [0.5, 0.6) is 0 Å². The van der Waals surface area contributed by atoms with E-state index in [4.69, 9.17) is 14.2 Å². The highest BCUT2D eigenvalue weighted by Crippen LogP contribution is 2.39. The summed E-state index contributed by atoms with van der Waals surface area (Å²) in [5, 5.41) is 13.1. The summed E-state index contributed by atoms with van der Waals surface area (Å²) in [7, 11) is 1.95. The van der Waals surface area contributed by atoms with Gasteiger partial charge in [-0.2, -0.15) is 0 Å². The lowest BCUT2D eigenvalue weighted by Gasteiger charge is -2.36. The van der Waals surface area contributed by atoms with E-state index in [1.807, 2.05) is 54.2 Å².